The van der Waals surface area contributed by atoms with Gasteiger partial charge in [0.25, 0.3) is 0 Å². The van der Waals surface area contributed by atoms with Crippen LogP contribution >= 0.6 is 15.9 Å². The third-order valence-corrected chi connectivity index (χ3v) is 5.84. The first-order chi connectivity index (χ1) is 11.9. The van der Waals surface area contributed by atoms with Crippen molar-refractivity contribution < 1.29 is 19.0 Å². The Morgan fingerprint density at radius 1 is 1.36 bits per heavy atom. The predicted octanol–water partition coefficient (Wildman–Crippen LogP) is 4.35. The van der Waals surface area contributed by atoms with Gasteiger partial charge < -0.3 is 14.2 Å². The molecule has 140 valence electrons. The van der Waals surface area contributed by atoms with Crippen LogP contribution in [0, 0.1) is 11.8 Å². The van der Waals surface area contributed by atoms with Gasteiger partial charge in [-0.15, -0.1) is 0 Å². The van der Waals surface area contributed by atoms with E-state index in [9.17, 15) is 4.79 Å². The molecule has 5 heteroatoms. The molecule has 4 nitrogen and oxygen atoms in total. The van der Waals surface area contributed by atoms with Crippen LogP contribution in [0.1, 0.15) is 39.2 Å². The molecule has 0 amide bonds. The topological polar surface area (TPSA) is 44.8 Å². The largest absolute Gasteiger partial charge is 0.468 e. The molecule has 0 radical (unpaired) electrons. The number of carbonyl (C=O) groups excluding carboxylic acids is 1. The summed E-state index contributed by atoms with van der Waals surface area (Å²) in [5, 5.41) is 0. The second kappa shape index (κ2) is 9.15. The van der Waals surface area contributed by atoms with Gasteiger partial charge in [0.2, 0.25) is 0 Å². The Morgan fingerprint density at radius 3 is 2.68 bits per heavy atom. The molecule has 0 N–H and O–H groups in total. The average molecular weight is 413 g/mol. The van der Waals surface area contributed by atoms with Crippen LogP contribution in [0.25, 0.3) is 0 Å². The summed E-state index contributed by atoms with van der Waals surface area (Å²) in [5.41, 5.74) is 1.17. The summed E-state index contributed by atoms with van der Waals surface area (Å²) in [6.45, 7) is 7.42. The van der Waals surface area contributed by atoms with Crippen molar-refractivity contribution in [3.63, 3.8) is 0 Å². The number of alkyl halides is 1. The smallest absolute Gasteiger partial charge is 0.325 e. The van der Waals surface area contributed by atoms with Crippen LogP contribution < -0.4 is 0 Å². The van der Waals surface area contributed by atoms with Crippen molar-refractivity contribution in [3.05, 3.63) is 35.9 Å². The standard InChI is InChI=1S/C20H29BrO4/c1-14-10-11-17(20(3,21)19(22)23-4)25-18(14)15(2)12-24-13-16-8-6-5-7-9-16/h5-9,14-15,17-18H,10-13H2,1-4H3/t14-,15+,17+,18+,20?/m1/s1. The number of carbonyl (C=O) groups is 1. The van der Waals surface area contributed by atoms with Gasteiger partial charge in [0.15, 0.2) is 0 Å². The van der Waals surface area contributed by atoms with Gasteiger partial charge in [-0.1, -0.05) is 60.1 Å². The SMILES string of the molecule is COC(=O)C(C)(Br)[C@@H]1CC[C@@H](C)[C@@H]([C@@H](C)COCc2ccccc2)O1. The van der Waals surface area contributed by atoms with Gasteiger partial charge in [-0.25, -0.2) is 0 Å². The molecule has 1 aliphatic heterocycles. The lowest BCUT2D eigenvalue weighted by Crippen LogP contribution is -2.50. The summed E-state index contributed by atoms with van der Waals surface area (Å²) in [6, 6.07) is 10.2. The van der Waals surface area contributed by atoms with E-state index in [1.165, 1.54) is 12.7 Å². The number of rotatable bonds is 7. The van der Waals surface area contributed by atoms with Crippen LogP contribution in [0.4, 0.5) is 0 Å². The number of hydrogen-bond acceptors (Lipinski definition) is 4. The second-order valence-corrected chi connectivity index (χ2v) is 8.84. The zero-order valence-electron chi connectivity index (χ0n) is 15.5. The fraction of sp³-hybridized carbons (Fsp3) is 0.650. The van der Waals surface area contributed by atoms with Crippen LogP contribution in [-0.2, 0) is 25.6 Å². The van der Waals surface area contributed by atoms with Crippen LogP contribution in [0.5, 0.6) is 0 Å². The highest BCUT2D eigenvalue weighted by molar-refractivity contribution is 9.10. The highest BCUT2D eigenvalue weighted by Gasteiger charge is 2.45. The Labute approximate surface area is 159 Å². The van der Waals surface area contributed by atoms with Crippen molar-refractivity contribution in [1.82, 2.24) is 0 Å². The Balaban J connectivity index is 1.91. The molecule has 1 aromatic rings. The molecule has 25 heavy (non-hydrogen) atoms. The van der Waals surface area contributed by atoms with E-state index in [1.54, 1.807) is 0 Å². The molecule has 0 spiro atoms. The van der Waals surface area contributed by atoms with Crippen molar-refractivity contribution in [3.8, 4) is 0 Å². The van der Waals surface area contributed by atoms with Gasteiger partial charge in [-0.05, 0) is 31.2 Å². The normalized spacial score (nSPS) is 27.3. The molecule has 2 rings (SSSR count). The number of methoxy groups -OCH3 is 1. The van der Waals surface area contributed by atoms with E-state index in [1.807, 2.05) is 25.1 Å². The van der Waals surface area contributed by atoms with E-state index >= 15 is 0 Å². The lowest BCUT2D eigenvalue weighted by molar-refractivity contribution is -0.159. The van der Waals surface area contributed by atoms with E-state index in [2.05, 4.69) is 41.9 Å². The minimum Gasteiger partial charge on any atom is -0.468 e. The first-order valence-corrected chi connectivity index (χ1v) is 9.70. The fourth-order valence-corrected chi connectivity index (χ4v) is 3.93. The minimum absolute atomic E-state index is 0.0658. The molecular formula is C20H29BrO4. The second-order valence-electron chi connectivity index (χ2n) is 7.19. The van der Waals surface area contributed by atoms with Crippen molar-refractivity contribution in [2.24, 2.45) is 11.8 Å². The quantitative estimate of drug-likeness (QED) is 0.493. The zero-order chi connectivity index (χ0) is 18.4. The monoisotopic (exact) mass is 412 g/mol. The molecule has 1 saturated heterocycles. The minimum atomic E-state index is -0.815. The maximum atomic E-state index is 12.0. The average Bonchev–Trinajstić information content (AvgIpc) is 2.61. The molecule has 0 aromatic heterocycles. The Kier molecular flexibility index (Phi) is 7.47. The lowest BCUT2D eigenvalue weighted by Gasteiger charge is -2.42. The van der Waals surface area contributed by atoms with E-state index in [0.29, 0.717) is 19.1 Å². The lowest BCUT2D eigenvalue weighted by atomic mass is 9.84. The first kappa shape index (κ1) is 20.4. The van der Waals surface area contributed by atoms with Crippen LogP contribution in [0.3, 0.4) is 0 Å². The van der Waals surface area contributed by atoms with Crippen LogP contribution in [0.2, 0.25) is 0 Å². The van der Waals surface area contributed by atoms with Crippen LogP contribution in [-0.4, -0.2) is 36.2 Å². The Morgan fingerprint density at radius 2 is 2.04 bits per heavy atom. The van der Waals surface area contributed by atoms with E-state index in [4.69, 9.17) is 14.2 Å². The van der Waals surface area contributed by atoms with E-state index in [-0.39, 0.29) is 24.1 Å². The molecule has 1 unspecified atom stereocenters. The summed E-state index contributed by atoms with van der Waals surface area (Å²) in [6.07, 6.45) is 1.73. The number of hydrogen-bond donors (Lipinski definition) is 0. The molecule has 0 bridgehead atoms. The number of benzene rings is 1. The third kappa shape index (κ3) is 5.28. The van der Waals surface area contributed by atoms with Crippen molar-refractivity contribution in [1.29, 1.82) is 0 Å². The molecule has 0 saturated carbocycles. The summed E-state index contributed by atoms with van der Waals surface area (Å²) in [5.74, 6) is 0.397. The molecular weight excluding hydrogens is 384 g/mol. The predicted molar refractivity (Wildman–Crippen MR) is 102 cm³/mol. The molecule has 1 aromatic carbocycles. The summed E-state index contributed by atoms with van der Waals surface area (Å²) in [4.78, 5) is 12.0. The van der Waals surface area contributed by atoms with Gasteiger partial charge in [0.1, 0.15) is 4.32 Å². The number of halogens is 1. The Hall–Kier alpha value is -0.910. The van der Waals surface area contributed by atoms with Gasteiger partial charge >= 0.3 is 5.97 Å². The highest BCUT2D eigenvalue weighted by Crippen LogP contribution is 2.38. The number of esters is 1. The fourth-order valence-electron chi connectivity index (χ4n) is 3.43. The van der Waals surface area contributed by atoms with E-state index in [0.717, 1.165) is 12.8 Å². The molecule has 0 aliphatic carbocycles. The van der Waals surface area contributed by atoms with E-state index < -0.39 is 4.32 Å². The molecule has 1 heterocycles. The molecule has 1 fully saturated rings. The van der Waals surface area contributed by atoms with Crippen molar-refractivity contribution in [2.45, 2.75) is 56.8 Å². The van der Waals surface area contributed by atoms with Crippen molar-refractivity contribution >= 4 is 21.9 Å². The molecule has 5 atom stereocenters. The van der Waals surface area contributed by atoms with Gasteiger partial charge in [-0.3, -0.25) is 4.79 Å². The summed E-state index contributed by atoms with van der Waals surface area (Å²) < 4.78 is 16.3. The Bertz CT molecular complexity index is 546. The maximum absolute atomic E-state index is 12.0. The number of ether oxygens (including phenoxy) is 3. The maximum Gasteiger partial charge on any atom is 0.325 e. The van der Waals surface area contributed by atoms with Gasteiger partial charge in [-0.2, -0.15) is 0 Å². The summed E-state index contributed by atoms with van der Waals surface area (Å²) in [7, 11) is 1.41. The van der Waals surface area contributed by atoms with Crippen molar-refractivity contribution in [2.75, 3.05) is 13.7 Å². The third-order valence-electron chi connectivity index (χ3n) is 5.01. The molecule has 1 aliphatic rings. The summed E-state index contributed by atoms with van der Waals surface area (Å²) >= 11 is 3.52. The highest BCUT2D eigenvalue weighted by atomic mass is 79.9. The van der Waals surface area contributed by atoms with Gasteiger partial charge in [0.05, 0.1) is 32.5 Å². The first-order valence-electron chi connectivity index (χ1n) is 8.90. The van der Waals surface area contributed by atoms with Crippen LogP contribution in [0.15, 0.2) is 30.3 Å². The zero-order valence-corrected chi connectivity index (χ0v) is 17.1. The van der Waals surface area contributed by atoms with Gasteiger partial charge in [0, 0.05) is 5.92 Å².